The summed E-state index contributed by atoms with van der Waals surface area (Å²) >= 11 is 0. The summed E-state index contributed by atoms with van der Waals surface area (Å²) in [5.41, 5.74) is 2.02. The monoisotopic (exact) mass is 332 g/mol. The molecule has 0 amide bonds. The maximum absolute atomic E-state index is 11.0. The summed E-state index contributed by atoms with van der Waals surface area (Å²) in [7, 11) is 1.92. The van der Waals surface area contributed by atoms with Crippen molar-refractivity contribution in [1.29, 1.82) is 5.26 Å². The maximum Gasteiger partial charge on any atom is 0.270 e. The average molecular weight is 332 g/mol. The number of nitro groups is 1. The molecule has 1 unspecified atom stereocenters. The Labute approximate surface area is 145 Å². The van der Waals surface area contributed by atoms with Gasteiger partial charge in [0.1, 0.15) is 5.82 Å². The first-order valence-electron chi connectivity index (χ1n) is 7.78. The van der Waals surface area contributed by atoms with Crippen LogP contribution in [0.3, 0.4) is 0 Å². The lowest BCUT2D eigenvalue weighted by Crippen LogP contribution is -2.22. The summed E-state index contributed by atoms with van der Waals surface area (Å²) in [4.78, 5) is 17.1. The number of anilines is 1. The summed E-state index contributed by atoms with van der Waals surface area (Å²) < 4.78 is 0. The SMILES string of the molecule is CC(c1ccccc1)N(C)c1cc(C#N)c2cc([N+](=O)[O-])ccc2n1. The molecule has 1 aromatic heterocycles. The Bertz CT molecular complexity index is 980. The van der Waals surface area contributed by atoms with E-state index < -0.39 is 4.92 Å². The van der Waals surface area contributed by atoms with E-state index >= 15 is 0 Å². The van der Waals surface area contributed by atoms with Gasteiger partial charge >= 0.3 is 0 Å². The van der Waals surface area contributed by atoms with Crippen LogP contribution < -0.4 is 4.90 Å². The van der Waals surface area contributed by atoms with Crippen molar-refractivity contribution in [2.75, 3.05) is 11.9 Å². The Balaban J connectivity index is 2.07. The number of rotatable bonds is 4. The van der Waals surface area contributed by atoms with Crippen LogP contribution in [0.4, 0.5) is 11.5 Å². The summed E-state index contributed by atoms with van der Waals surface area (Å²) in [6, 6.07) is 18.2. The van der Waals surface area contributed by atoms with Crippen LogP contribution in [0.15, 0.2) is 54.6 Å². The molecule has 0 aliphatic rings. The van der Waals surface area contributed by atoms with Crippen LogP contribution in [0.2, 0.25) is 0 Å². The molecule has 25 heavy (non-hydrogen) atoms. The van der Waals surface area contributed by atoms with Gasteiger partial charge in [0.25, 0.3) is 5.69 Å². The van der Waals surface area contributed by atoms with E-state index in [0.717, 1.165) is 5.56 Å². The average Bonchev–Trinajstić information content (AvgIpc) is 2.66. The fourth-order valence-electron chi connectivity index (χ4n) is 2.74. The van der Waals surface area contributed by atoms with Crippen molar-refractivity contribution in [3.8, 4) is 6.07 Å². The van der Waals surface area contributed by atoms with Gasteiger partial charge in [-0.05, 0) is 24.6 Å². The number of non-ortho nitro benzene ring substituents is 1. The molecule has 124 valence electrons. The second-order valence-electron chi connectivity index (χ2n) is 5.80. The van der Waals surface area contributed by atoms with Gasteiger partial charge in [0.2, 0.25) is 0 Å². The number of nitriles is 1. The molecule has 0 saturated carbocycles. The lowest BCUT2D eigenvalue weighted by Gasteiger charge is -2.26. The number of pyridine rings is 1. The normalized spacial score (nSPS) is 11.7. The van der Waals surface area contributed by atoms with Crippen molar-refractivity contribution in [3.63, 3.8) is 0 Å². The quantitative estimate of drug-likeness (QED) is 0.528. The zero-order valence-corrected chi connectivity index (χ0v) is 13.9. The van der Waals surface area contributed by atoms with E-state index in [9.17, 15) is 15.4 Å². The summed E-state index contributed by atoms with van der Waals surface area (Å²) in [5, 5.41) is 20.9. The Morgan fingerprint density at radius 2 is 1.92 bits per heavy atom. The second-order valence-corrected chi connectivity index (χ2v) is 5.80. The first-order valence-corrected chi connectivity index (χ1v) is 7.78. The Hall–Kier alpha value is -3.46. The largest absolute Gasteiger partial charge is 0.353 e. The van der Waals surface area contributed by atoms with E-state index in [-0.39, 0.29) is 11.7 Å². The molecule has 6 heteroatoms. The number of fused-ring (bicyclic) bond motifs is 1. The third-order valence-corrected chi connectivity index (χ3v) is 4.33. The smallest absolute Gasteiger partial charge is 0.270 e. The van der Waals surface area contributed by atoms with E-state index in [1.807, 2.05) is 42.3 Å². The lowest BCUT2D eigenvalue weighted by atomic mass is 10.1. The van der Waals surface area contributed by atoms with Gasteiger partial charge in [0.15, 0.2) is 0 Å². The van der Waals surface area contributed by atoms with E-state index in [2.05, 4.69) is 18.0 Å². The summed E-state index contributed by atoms with van der Waals surface area (Å²) in [6.45, 7) is 2.06. The molecule has 0 fully saturated rings. The molecule has 0 bridgehead atoms. The zero-order chi connectivity index (χ0) is 18.0. The molecule has 1 atom stereocenters. The topological polar surface area (TPSA) is 83.1 Å². The first kappa shape index (κ1) is 16.4. The molecule has 0 radical (unpaired) electrons. The van der Waals surface area contributed by atoms with Gasteiger partial charge in [0, 0.05) is 24.6 Å². The molecular formula is C19H16N4O2. The van der Waals surface area contributed by atoms with Gasteiger partial charge < -0.3 is 4.90 Å². The number of nitrogens with zero attached hydrogens (tertiary/aromatic N) is 4. The van der Waals surface area contributed by atoms with Crippen LogP contribution in [-0.2, 0) is 0 Å². The maximum atomic E-state index is 11.0. The van der Waals surface area contributed by atoms with Gasteiger partial charge in [-0.15, -0.1) is 0 Å². The highest BCUT2D eigenvalue weighted by atomic mass is 16.6. The Morgan fingerprint density at radius 1 is 1.20 bits per heavy atom. The third kappa shape index (κ3) is 3.12. The number of hydrogen-bond donors (Lipinski definition) is 0. The van der Waals surface area contributed by atoms with Crippen molar-refractivity contribution in [3.05, 3.63) is 75.8 Å². The summed E-state index contributed by atoms with van der Waals surface area (Å²) in [6.07, 6.45) is 0. The van der Waals surface area contributed by atoms with Gasteiger partial charge in [-0.2, -0.15) is 5.26 Å². The minimum Gasteiger partial charge on any atom is -0.353 e. The van der Waals surface area contributed by atoms with Gasteiger partial charge in [-0.25, -0.2) is 4.98 Å². The Kier molecular flexibility index (Phi) is 4.31. The summed E-state index contributed by atoms with van der Waals surface area (Å²) in [5.74, 6) is 0.647. The van der Waals surface area contributed by atoms with E-state index in [0.29, 0.717) is 22.3 Å². The molecule has 0 aliphatic carbocycles. The molecule has 0 saturated heterocycles. The number of aromatic nitrogens is 1. The molecule has 1 heterocycles. The molecule has 3 aromatic rings. The van der Waals surface area contributed by atoms with Gasteiger partial charge in [-0.1, -0.05) is 30.3 Å². The lowest BCUT2D eigenvalue weighted by molar-refractivity contribution is -0.384. The van der Waals surface area contributed by atoms with Crippen LogP contribution in [0.25, 0.3) is 10.9 Å². The number of nitro benzene ring substituents is 1. The van der Waals surface area contributed by atoms with Crippen molar-refractivity contribution < 1.29 is 4.92 Å². The van der Waals surface area contributed by atoms with Crippen LogP contribution in [-0.4, -0.2) is 17.0 Å². The first-order chi connectivity index (χ1) is 12.0. The van der Waals surface area contributed by atoms with Crippen LogP contribution in [0.1, 0.15) is 24.1 Å². The van der Waals surface area contributed by atoms with Crippen molar-refractivity contribution >= 4 is 22.4 Å². The standard InChI is InChI=1S/C19H16N4O2/c1-13(14-6-4-3-5-7-14)22(2)19-10-15(12-20)17-11-16(23(24)25)8-9-18(17)21-19/h3-11,13H,1-2H3. The fraction of sp³-hybridized carbons (Fsp3) is 0.158. The highest BCUT2D eigenvalue weighted by Gasteiger charge is 2.17. The van der Waals surface area contributed by atoms with Crippen LogP contribution in [0.5, 0.6) is 0 Å². The molecule has 2 aromatic carbocycles. The molecule has 6 nitrogen and oxygen atoms in total. The van der Waals surface area contributed by atoms with E-state index in [1.54, 1.807) is 12.1 Å². The van der Waals surface area contributed by atoms with E-state index in [4.69, 9.17) is 0 Å². The molecule has 3 rings (SSSR count). The predicted octanol–water partition coefficient (Wildman–Crippen LogP) is 4.21. The van der Waals surface area contributed by atoms with Gasteiger partial charge in [0.05, 0.1) is 28.1 Å². The zero-order valence-electron chi connectivity index (χ0n) is 13.9. The molecule has 0 N–H and O–H groups in total. The number of benzene rings is 2. The second kappa shape index (κ2) is 6.57. The highest BCUT2D eigenvalue weighted by Crippen LogP contribution is 2.29. The number of hydrogen-bond acceptors (Lipinski definition) is 5. The van der Waals surface area contributed by atoms with Crippen LogP contribution in [0, 0.1) is 21.4 Å². The Morgan fingerprint density at radius 3 is 2.56 bits per heavy atom. The van der Waals surface area contributed by atoms with Crippen molar-refractivity contribution in [2.45, 2.75) is 13.0 Å². The van der Waals surface area contributed by atoms with Gasteiger partial charge in [-0.3, -0.25) is 10.1 Å². The minimum absolute atomic E-state index is 0.0513. The van der Waals surface area contributed by atoms with Crippen molar-refractivity contribution in [1.82, 2.24) is 4.98 Å². The van der Waals surface area contributed by atoms with Crippen LogP contribution >= 0.6 is 0 Å². The molecular weight excluding hydrogens is 316 g/mol. The molecule has 0 spiro atoms. The van der Waals surface area contributed by atoms with Crippen molar-refractivity contribution in [2.24, 2.45) is 0 Å². The highest BCUT2D eigenvalue weighted by molar-refractivity contribution is 5.88. The van der Waals surface area contributed by atoms with E-state index in [1.165, 1.54) is 12.1 Å². The molecule has 0 aliphatic heterocycles. The predicted molar refractivity (Wildman–Crippen MR) is 96.4 cm³/mol. The fourth-order valence-corrected chi connectivity index (χ4v) is 2.74. The minimum atomic E-state index is -0.474. The third-order valence-electron chi connectivity index (χ3n) is 4.33.